The molecule has 0 fully saturated rings. The van der Waals surface area contributed by atoms with E-state index in [2.05, 4.69) is 4.72 Å². The van der Waals surface area contributed by atoms with E-state index >= 15 is 0 Å². The van der Waals surface area contributed by atoms with E-state index in [1.54, 1.807) is 5.32 Å². The van der Waals surface area contributed by atoms with Gasteiger partial charge in [0.15, 0.2) is 0 Å². The maximum atomic E-state index is 12.8. The Balaban J connectivity index is 2.18. The van der Waals surface area contributed by atoms with Crippen molar-refractivity contribution < 1.29 is 46.5 Å². The van der Waals surface area contributed by atoms with E-state index in [1.807, 2.05) is 0 Å². The Morgan fingerprint density at radius 3 is 2.06 bits per heavy atom. The maximum absolute atomic E-state index is 12.8. The first-order valence-corrected chi connectivity index (χ1v) is 12.0. The van der Waals surface area contributed by atoms with Crippen LogP contribution in [-0.2, 0) is 14.8 Å². The first-order chi connectivity index (χ1) is 16.6. The van der Waals surface area contributed by atoms with Crippen LogP contribution in [0.3, 0.4) is 0 Å². The molecule has 0 radical (unpaired) electrons. The lowest BCUT2D eigenvalue weighted by molar-refractivity contribution is -0.242. The molecule has 1 unspecified atom stereocenters. The molecule has 0 bridgehead atoms. The predicted octanol–water partition coefficient (Wildman–Crippen LogP) is 1.82. The van der Waals surface area contributed by atoms with Gasteiger partial charge in [-0.25, -0.2) is 8.42 Å². The molecule has 0 aliphatic heterocycles. The van der Waals surface area contributed by atoms with Gasteiger partial charge >= 0.3 is 6.18 Å². The highest BCUT2D eigenvalue weighted by atomic mass is 35.5. The van der Waals surface area contributed by atoms with Gasteiger partial charge in [-0.3, -0.25) is 14.3 Å². The third kappa shape index (κ3) is 6.85. The molecular weight excluding hydrogens is 531 g/mol. The first-order valence-electron chi connectivity index (χ1n) is 10.2. The van der Waals surface area contributed by atoms with Gasteiger partial charge in [-0.15, -0.1) is 0 Å². The number of nitrogens with zero attached hydrogens (tertiary/aromatic N) is 1. The standard InChI is InChI=1S/C21H23ClF3N3O7S/c1-20(33,21(23,24)25)19(32)26-17-7-6-15(12-16(17)22)36(34,35)27-14-4-2-13(3-5-14)18(31)28(8-10-29)9-11-30/h2-7,12,27,29-30,33H,8-11H2,1H3,(H,26,32). The number of carbonyl (C=O) groups is 2. The molecule has 36 heavy (non-hydrogen) atoms. The molecule has 2 rings (SSSR count). The second-order valence-electron chi connectivity index (χ2n) is 7.59. The molecule has 0 saturated carbocycles. The molecule has 0 heterocycles. The van der Waals surface area contributed by atoms with Crippen molar-refractivity contribution in [1.82, 2.24) is 4.90 Å². The van der Waals surface area contributed by atoms with E-state index in [4.69, 9.17) is 21.8 Å². The molecule has 0 aromatic heterocycles. The number of benzene rings is 2. The Kier molecular flexibility index (Phi) is 9.31. The minimum Gasteiger partial charge on any atom is -0.395 e. The Hall–Kier alpha value is -2.91. The van der Waals surface area contributed by atoms with Gasteiger partial charge in [0.25, 0.3) is 21.8 Å². The molecule has 2 amide bonds. The normalized spacial score (nSPS) is 13.6. The van der Waals surface area contributed by atoms with Crippen LogP contribution in [0, 0.1) is 0 Å². The Morgan fingerprint density at radius 2 is 1.58 bits per heavy atom. The number of carbonyl (C=O) groups excluding carboxylic acids is 2. The summed E-state index contributed by atoms with van der Waals surface area (Å²) in [4.78, 5) is 25.1. The monoisotopic (exact) mass is 553 g/mol. The van der Waals surface area contributed by atoms with Gasteiger partial charge < -0.3 is 25.5 Å². The lowest BCUT2D eigenvalue weighted by atomic mass is 10.1. The number of nitrogens with one attached hydrogen (secondary N) is 2. The number of alkyl halides is 3. The number of sulfonamides is 1. The van der Waals surface area contributed by atoms with Crippen molar-refractivity contribution in [1.29, 1.82) is 0 Å². The zero-order valence-corrected chi connectivity index (χ0v) is 20.3. The van der Waals surface area contributed by atoms with Crippen LogP contribution in [0.2, 0.25) is 5.02 Å². The van der Waals surface area contributed by atoms with E-state index < -0.39 is 38.6 Å². The van der Waals surface area contributed by atoms with Gasteiger partial charge in [-0.2, -0.15) is 13.2 Å². The average Bonchev–Trinajstić information content (AvgIpc) is 2.79. The first kappa shape index (κ1) is 29.3. The van der Waals surface area contributed by atoms with Crippen LogP contribution in [0.1, 0.15) is 17.3 Å². The maximum Gasteiger partial charge on any atom is 0.426 e. The van der Waals surface area contributed by atoms with Crippen LogP contribution in [-0.4, -0.2) is 78.5 Å². The number of amides is 2. The summed E-state index contributed by atoms with van der Waals surface area (Å²) in [6.45, 7) is -0.362. The third-order valence-corrected chi connectivity index (χ3v) is 6.60. The minimum atomic E-state index is -5.26. The topological polar surface area (TPSA) is 156 Å². The van der Waals surface area contributed by atoms with Gasteiger partial charge in [0, 0.05) is 24.3 Å². The molecule has 0 aliphatic rings. The number of anilines is 2. The van der Waals surface area contributed by atoms with Crippen LogP contribution >= 0.6 is 11.6 Å². The third-order valence-electron chi connectivity index (χ3n) is 4.90. The van der Waals surface area contributed by atoms with Crippen LogP contribution < -0.4 is 10.0 Å². The van der Waals surface area contributed by atoms with Crippen molar-refractivity contribution in [3.05, 3.63) is 53.1 Å². The Labute approximate surface area is 209 Å². The predicted molar refractivity (Wildman–Crippen MR) is 124 cm³/mol. The quantitative estimate of drug-likeness (QED) is 0.300. The second-order valence-corrected chi connectivity index (χ2v) is 9.68. The molecule has 2 aromatic carbocycles. The molecule has 0 saturated heterocycles. The number of hydrogen-bond donors (Lipinski definition) is 5. The van der Waals surface area contributed by atoms with E-state index in [0.29, 0.717) is 0 Å². The molecule has 5 N–H and O–H groups in total. The van der Waals surface area contributed by atoms with Crippen molar-refractivity contribution in [2.75, 3.05) is 36.3 Å². The summed E-state index contributed by atoms with van der Waals surface area (Å²) in [5, 5.41) is 28.9. The van der Waals surface area contributed by atoms with E-state index in [-0.39, 0.29) is 55.1 Å². The van der Waals surface area contributed by atoms with Crippen molar-refractivity contribution in [2.24, 2.45) is 0 Å². The van der Waals surface area contributed by atoms with Gasteiger partial charge in [0.1, 0.15) is 0 Å². The smallest absolute Gasteiger partial charge is 0.395 e. The molecule has 2 aromatic rings. The van der Waals surface area contributed by atoms with Crippen molar-refractivity contribution >= 4 is 44.8 Å². The molecule has 15 heteroatoms. The molecule has 0 aliphatic carbocycles. The van der Waals surface area contributed by atoms with Gasteiger partial charge in [-0.1, -0.05) is 11.6 Å². The van der Waals surface area contributed by atoms with E-state index in [0.717, 1.165) is 18.2 Å². The van der Waals surface area contributed by atoms with Crippen molar-refractivity contribution in [3.8, 4) is 0 Å². The van der Waals surface area contributed by atoms with Crippen molar-refractivity contribution in [3.63, 3.8) is 0 Å². The number of halogens is 4. The highest BCUT2D eigenvalue weighted by Crippen LogP contribution is 2.33. The number of hydrogen-bond acceptors (Lipinski definition) is 7. The van der Waals surface area contributed by atoms with Crippen LogP contribution in [0.5, 0.6) is 0 Å². The van der Waals surface area contributed by atoms with E-state index in [9.17, 15) is 36.3 Å². The SMILES string of the molecule is CC(O)(C(=O)Nc1ccc(S(=O)(=O)Nc2ccc(C(=O)N(CCO)CCO)cc2)cc1Cl)C(F)(F)F. The lowest BCUT2D eigenvalue weighted by Gasteiger charge is -2.25. The van der Waals surface area contributed by atoms with E-state index in [1.165, 1.54) is 29.2 Å². The number of aliphatic hydroxyl groups is 3. The summed E-state index contributed by atoms with van der Waals surface area (Å²) < 4.78 is 66.1. The molecule has 0 spiro atoms. The zero-order valence-electron chi connectivity index (χ0n) is 18.7. The summed E-state index contributed by atoms with van der Waals surface area (Å²) >= 11 is 5.94. The summed E-state index contributed by atoms with van der Waals surface area (Å²) in [6.07, 6.45) is -5.26. The minimum absolute atomic E-state index is 0.00126. The largest absolute Gasteiger partial charge is 0.426 e. The number of rotatable bonds is 10. The Morgan fingerprint density at radius 1 is 1.03 bits per heavy atom. The van der Waals surface area contributed by atoms with Gasteiger partial charge in [0.2, 0.25) is 5.60 Å². The highest BCUT2D eigenvalue weighted by Gasteiger charge is 2.55. The van der Waals surface area contributed by atoms with Crippen LogP contribution in [0.4, 0.5) is 24.5 Å². The summed E-state index contributed by atoms with van der Waals surface area (Å²) in [7, 11) is -4.24. The summed E-state index contributed by atoms with van der Waals surface area (Å²) in [5.74, 6) is -2.29. The highest BCUT2D eigenvalue weighted by molar-refractivity contribution is 7.92. The number of aliphatic hydroxyl groups excluding tert-OH is 2. The molecule has 10 nitrogen and oxygen atoms in total. The molecular formula is C21H23ClF3N3O7S. The molecule has 198 valence electrons. The van der Waals surface area contributed by atoms with Crippen LogP contribution in [0.15, 0.2) is 47.4 Å². The Bertz CT molecular complexity index is 1200. The summed E-state index contributed by atoms with van der Waals surface area (Å²) in [6, 6.07) is 8.10. The van der Waals surface area contributed by atoms with Gasteiger partial charge in [-0.05, 0) is 49.4 Å². The fraction of sp³-hybridized carbons (Fsp3) is 0.333. The molecule has 1 atom stereocenters. The average molecular weight is 554 g/mol. The fourth-order valence-corrected chi connectivity index (χ4v) is 4.15. The fourth-order valence-electron chi connectivity index (χ4n) is 2.77. The summed E-state index contributed by atoms with van der Waals surface area (Å²) in [5.41, 5.74) is -3.82. The van der Waals surface area contributed by atoms with Gasteiger partial charge in [0.05, 0.1) is 28.8 Å². The second kappa shape index (κ2) is 11.4. The van der Waals surface area contributed by atoms with Crippen LogP contribution in [0.25, 0.3) is 0 Å². The van der Waals surface area contributed by atoms with Crippen molar-refractivity contribution in [2.45, 2.75) is 23.6 Å². The lowest BCUT2D eigenvalue weighted by Crippen LogP contribution is -2.52. The zero-order chi connectivity index (χ0) is 27.3.